The lowest BCUT2D eigenvalue weighted by molar-refractivity contribution is -0.139. The number of carbonyl (C=O) groups excluding carboxylic acids is 1. The molecule has 0 bridgehead atoms. The molecule has 6 nitrogen and oxygen atoms in total. The average molecular weight is 479 g/mol. The van der Waals surface area contributed by atoms with Gasteiger partial charge in [0.05, 0.1) is 22.4 Å². The highest BCUT2D eigenvalue weighted by Crippen LogP contribution is 2.33. The number of halogens is 1. The van der Waals surface area contributed by atoms with Gasteiger partial charge in [0, 0.05) is 11.0 Å². The summed E-state index contributed by atoms with van der Waals surface area (Å²) in [4.78, 5) is 31.8. The molecule has 3 aromatic heterocycles. The maximum atomic E-state index is 13.2. The Labute approximate surface area is 176 Å². The minimum atomic E-state index is -0.555. The molecule has 1 aliphatic heterocycles. The van der Waals surface area contributed by atoms with Crippen LogP contribution in [0.2, 0.25) is 0 Å². The molecular weight excluding hydrogens is 464 g/mol. The summed E-state index contributed by atoms with van der Waals surface area (Å²) in [6.07, 6.45) is 1.68. The summed E-state index contributed by atoms with van der Waals surface area (Å²) in [5, 5.41) is 1.92. The fourth-order valence-corrected chi connectivity index (χ4v) is 5.21. The lowest BCUT2D eigenvalue weighted by Gasteiger charge is -2.23. The molecule has 0 aromatic carbocycles. The second-order valence-corrected chi connectivity index (χ2v) is 8.73. The van der Waals surface area contributed by atoms with E-state index >= 15 is 0 Å². The molecule has 28 heavy (non-hydrogen) atoms. The Kier molecular flexibility index (Phi) is 5.22. The normalized spacial score (nSPS) is 16.8. The molecule has 9 heteroatoms. The van der Waals surface area contributed by atoms with Crippen LogP contribution in [0.4, 0.5) is 0 Å². The number of rotatable bonds is 4. The van der Waals surface area contributed by atoms with Crippen molar-refractivity contribution >= 4 is 50.6 Å². The van der Waals surface area contributed by atoms with Gasteiger partial charge in [-0.1, -0.05) is 17.4 Å². The number of ether oxygens (including phenoxy) is 1. The van der Waals surface area contributed by atoms with E-state index < -0.39 is 12.0 Å². The molecule has 1 aliphatic rings. The van der Waals surface area contributed by atoms with E-state index in [2.05, 4.69) is 20.9 Å². The van der Waals surface area contributed by atoms with E-state index in [4.69, 9.17) is 9.15 Å². The summed E-state index contributed by atoms with van der Waals surface area (Å²) in [5.41, 5.74) is 0.735. The third-order valence-electron chi connectivity index (χ3n) is 4.20. The van der Waals surface area contributed by atoms with E-state index in [0.29, 0.717) is 31.0 Å². The van der Waals surface area contributed by atoms with Crippen molar-refractivity contribution in [1.29, 1.82) is 0 Å². The van der Waals surface area contributed by atoms with Crippen molar-refractivity contribution in [3.63, 3.8) is 0 Å². The third-order valence-corrected chi connectivity index (χ3v) is 6.53. The predicted molar refractivity (Wildman–Crippen MR) is 111 cm³/mol. The van der Waals surface area contributed by atoms with Crippen molar-refractivity contribution in [2.45, 2.75) is 19.9 Å². The number of allylic oxidation sites excluding steroid dienone is 1. The minimum absolute atomic E-state index is 0.219. The highest BCUT2D eigenvalue weighted by Gasteiger charge is 2.33. The Bertz CT molecular complexity index is 1250. The van der Waals surface area contributed by atoms with Crippen LogP contribution in [0.1, 0.15) is 30.5 Å². The van der Waals surface area contributed by atoms with Crippen LogP contribution in [0, 0.1) is 0 Å². The van der Waals surface area contributed by atoms with Crippen LogP contribution in [0.25, 0.3) is 6.08 Å². The molecule has 0 saturated carbocycles. The Morgan fingerprint density at radius 1 is 1.43 bits per heavy atom. The monoisotopic (exact) mass is 478 g/mol. The first-order chi connectivity index (χ1) is 13.5. The summed E-state index contributed by atoms with van der Waals surface area (Å²) in [5.74, 6) is 0.109. The molecule has 0 fully saturated rings. The lowest BCUT2D eigenvalue weighted by Crippen LogP contribution is -2.39. The molecule has 4 heterocycles. The van der Waals surface area contributed by atoms with Gasteiger partial charge in [-0.3, -0.25) is 9.36 Å². The van der Waals surface area contributed by atoms with Crippen molar-refractivity contribution < 1.29 is 13.9 Å². The van der Waals surface area contributed by atoms with E-state index in [-0.39, 0.29) is 12.2 Å². The Morgan fingerprint density at radius 2 is 2.25 bits per heavy atom. The number of thiophene rings is 1. The lowest BCUT2D eigenvalue weighted by atomic mass is 10.0. The SMILES string of the molecule is CCOC(=O)C1=C(C)N=c2s/c(=C\c3ccc(Br)o3)c(=O)n2C1c1cccs1. The van der Waals surface area contributed by atoms with Gasteiger partial charge in [-0.2, -0.15) is 0 Å². The molecule has 1 atom stereocenters. The quantitative estimate of drug-likeness (QED) is 0.539. The molecule has 144 valence electrons. The average Bonchev–Trinajstić information content (AvgIpc) is 3.37. The molecule has 0 amide bonds. The summed E-state index contributed by atoms with van der Waals surface area (Å²) in [6, 6.07) is 6.79. The van der Waals surface area contributed by atoms with Crippen LogP contribution in [0.3, 0.4) is 0 Å². The van der Waals surface area contributed by atoms with Crippen LogP contribution in [0.15, 0.2) is 59.8 Å². The largest absolute Gasteiger partial charge is 0.463 e. The molecule has 4 rings (SSSR count). The number of esters is 1. The smallest absolute Gasteiger partial charge is 0.338 e. The van der Waals surface area contributed by atoms with Crippen molar-refractivity contribution in [1.82, 2.24) is 4.57 Å². The van der Waals surface area contributed by atoms with Gasteiger partial charge in [0.15, 0.2) is 9.47 Å². The Morgan fingerprint density at radius 3 is 2.89 bits per heavy atom. The van der Waals surface area contributed by atoms with Crippen molar-refractivity contribution in [2.24, 2.45) is 4.99 Å². The van der Waals surface area contributed by atoms with Gasteiger partial charge in [0.1, 0.15) is 11.8 Å². The minimum Gasteiger partial charge on any atom is -0.463 e. The first-order valence-electron chi connectivity index (χ1n) is 8.48. The molecule has 0 saturated heterocycles. The number of hydrogen-bond donors (Lipinski definition) is 0. The van der Waals surface area contributed by atoms with E-state index in [1.165, 1.54) is 22.7 Å². The van der Waals surface area contributed by atoms with Gasteiger partial charge in [-0.05, 0) is 53.4 Å². The summed E-state index contributed by atoms with van der Waals surface area (Å²) < 4.78 is 13.4. The van der Waals surface area contributed by atoms with Crippen LogP contribution in [-0.2, 0) is 9.53 Å². The zero-order chi connectivity index (χ0) is 19.8. The standard InChI is InChI=1S/C19H15BrN2O4S2/c1-3-25-18(24)15-10(2)21-19-22(16(15)12-5-4-8-27-12)17(23)13(28-19)9-11-6-7-14(20)26-11/h4-9,16H,3H2,1-2H3/b13-9-. The number of thiazole rings is 1. The molecule has 0 N–H and O–H groups in total. The van der Waals surface area contributed by atoms with Gasteiger partial charge in [0.25, 0.3) is 5.56 Å². The summed E-state index contributed by atoms with van der Waals surface area (Å²) in [6.45, 7) is 3.78. The topological polar surface area (TPSA) is 73.8 Å². The van der Waals surface area contributed by atoms with E-state index in [9.17, 15) is 9.59 Å². The van der Waals surface area contributed by atoms with Gasteiger partial charge in [0.2, 0.25) is 0 Å². The fourth-order valence-electron chi connectivity index (χ4n) is 3.04. The maximum Gasteiger partial charge on any atom is 0.338 e. The third kappa shape index (κ3) is 3.34. The Balaban J connectivity index is 1.95. The number of nitrogens with zero attached hydrogens (tertiary/aromatic N) is 2. The van der Waals surface area contributed by atoms with E-state index in [1.54, 1.807) is 36.6 Å². The summed E-state index contributed by atoms with van der Waals surface area (Å²) in [7, 11) is 0. The number of hydrogen-bond acceptors (Lipinski definition) is 7. The molecule has 0 spiro atoms. The second kappa shape index (κ2) is 7.65. The van der Waals surface area contributed by atoms with Crippen molar-refractivity contribution in [3.05, 3.63) is 75.9 Å². The highest BCUT2D eigenvalue weighted by molar-refractivity contribution is 9.10. The molecule has 0 aliphatic carbocycles. The second-order valence-electron chi connectivity index (χ2n) is 5.96. The highest BCUT2D eigenvalue weighted by atomic mass is 79.9. The molecular formula is C19H15BrN2O4S2. The maximum absolute atomic E-state index is 13.2. The van der Waals surface area contributed by atoms with Crippen LogP contribution < -0.4 is 14.9 Å². The first kappa shape index (κ1) is 19.1. The van der Waals surface area contributed by atoms with Gasteiger partial charge >= 0.3 is 5.97 Å². The van der Waals surface area contributed by atoms with Crippen molar-refractivity contribution in [3.8, 4) is 0 Å². The van der Waals surface area contributed by atoms with Crippen molar-refractivity contribution in [2.75, 3.05) is 6.61 Å². The van der Waals surface area contributed by atoms with Crippen LogP contribution in [-0.4, -0.2) is 17.1 Å². The molecule has 3 aromatic rings. The van der Waals surface area contributed by atoms with Gasteiger partial charge < -0.3 is 9.15 Å². The van der Waals surface area contributed by atoms with Gasteiger partial charge in [-0.15, -0.1) is 11.3 Å². The van der Waals surface area contributed by atoms with Gasteiger partial charge in [-0.25, -0.2) is 9.79 Å². The Hall–Kier alpha value is -2.23. The fraction of sp³-hybridized carbons (Fsp3) is 0.211. The van der Waals surface area contributed by atoms with E-state index in [0.717, 1.165) is 4.88 Å². The zero-order valence-electron chi connectivity index (χ0n) is 15.0. The number of carbonyl (C=O) groups is 1. The predicted octanol–water partition coefficient (Wildman–Crippen LogP) is 3.22. The molecule has 0 radical (unpaired) electrons. The molecule has 1 unspecified atom stereocenters. The summed E-state index contributed by atoms with van der Waals surface area (Å²) >= 11 is 6.02. The van der Waals surface area contributed by atoms with Crippen LogP contribution >= 0.6 is 38.6 Å². The number of furan rings is 1. The number of aromatic nitrogens is 1. The number of fused-ring (bicyclic) bond motifs is 1. The van der Waals surface area contributed by atoms with Crippen LogP contribution in [0.5, 0.6) is 0 Å². The van der Waals surface area contributed by atoms with E-state index in [1.807, 2.05) is 17.5 Å². The first-order valence-corrected chi connectivity index (χ1v) is 11.0. The zero-order valence-corrected chi connectivity index (χ0v) is 18.2.